The summed E-state index contributed by atoms with van der Waals surface area (Å²) in [6, 6.07) is 18.8. The molecular formula is C20H21FN2O. The van der Waals surface area contributed by atoms with Gasteiger partial charge in [0.05, 0.1) is 6.07 Å². The molecule has 0 aromatic heterocycles. The van der Waals surface area contributed by atoms with Crippen molar-refractivity contribution in [2.45, 2.75) is 24.9 Å². The summed E-state index contributed by atoms with van der Waals surface area (Å²) in [6.45, 7) is 2.58. The van der Waals surface area contributed by atoms with E-state index in [0.717, 1.165) is 26.1 Å². The fraction of sp³-hybridized carbons (Fsp3) is 0.350. The van der Waals surface area contributed by atoms with Crippen LogP contribution < -0.4 is 4.74 Å². The van der Waals surface area contributed by atoms with E-state index < -0.39 is 0 Å². The van der Waals surface area contributed by atoms with E-state index in [2.05, 4.69) is 23.1 Å². The van der Waals surface area contributed by atoms with Gasteiger partial charge in [0, 0.05) is 32.0 Å². The Hall–Kier alpha value is -2.38. The molecule has 4 heteroatoms. The molecule has 3 rings (SSSR count). The lowest BCUT2D eigenvalue weighted by molar-refractivity contribution is 0.0788. The normalized spacial score (nSPS) is 21.2. The highest BCUT2D eigenvalue weighted by molar-refractivity contribution is 5.26. The quantitative estimate of drug-likeness (QED) is 0.835. The molecule has 1 heterocycles. The summed E-state index contributed by atoms with van der Waals surface area (Å²) in [5.41, 5.74) is 1.24. The Morgan fingerprint density at radius 1 is 1.12 bits per heavy atom. The molecule has 3 nitrogen and oxygen atoms in total. The number of rotatable bonds is 5. The molecule has 1 aliphatic rings. The zero-order valence-electron chi connectivity index (χ0n) is 13.6. The minimum absolute atomic E-state index is 0.0520. The van der Waals surface area contributed by atoms with Gasteiger partial charge in [0.15, 0.2) is 0 Å². The highest BCUT2D eigenvalue weighted by Crippen LogP contribution is 2.31. The van der Waals surface area contributed by atoms with Gasteiger partial charge in [-0.15, -0.1) is 0 Å². The van der Waals surface area contributed by atoms with Crippen molar-refractivity contribution in [1.82, 2.24) is 4.90 Å². The Kier molecular flexibility index (Phi) is 5.45. The van der Waals surface area contributed by atoms with Gasteiger partial charge in [0.2, 0.25) is 0 Å². The van der Waals surface area contributed by atoms with Crippen molar-refractivity contribution in [2.75, 3.05) is 19.6 Å². The fourth-order valence-corrected chi connectivity index (χ4v) is 3.26. The Morgan fingerprint density at radius 2 is 1.88 bits per heavy atom. The second-order valence-electron chi connectivity index (χ2n) is 6.12. The van der Waals surface area contributed by atoms with Crippen molar-refractivity contribution in [1.29, 1.82) is 5.26 Å². The van der Waals surface area contributed by atoms with Crippen LogP contribution in [0, 0.1) is 17.1 Å². The SMILES string of the molecule is N#CCCN1CC[C@@H](Oc2ccc(F)cc2)[C@H](c2ccccc2)C1. The third kappa shape index (κ3) is 4.12. The van der Waals surface area contributed by atoms with Gasteiger partial charge in [-0.2, -0.15) is 5.26 Å². The van der Waals surface area contributed by atoms with Gasteiger partial charge in [-0.1, -0.05) is 30.3 Å². The van der Waals surface area contributed by atoms with E-state index in [4.69, 9.17) is 10.00 Å². The van der Waals surface area contributed by atoms with Crippen LogP contribution in [0.5, 0.6) is 5.75 Å². The first-order valence-electron chi connectivity index (χ1n) is 8.33. The molecule has 0 bridgehead atoms. The average molecular weight is 324 g/mol. The Balaban J connectivity index is 1.76. The number of benzene rings is 2. The highest BCUT2D eigenvalue weighted by Gasteiger charge is 2.31. The van der Waals surface area contributed by atoms with Gasteiger partial charge in [0.1, 0.15) is 17.7 Å². The summed E-state index contributed by atoms with van der Waals surface area (Å²) < 4.78 is 19.3. The van der Waals surface area contributed by atoms with Gasteiger partial charge in [-0.05, 0) is 36.2 Å². The van der Waals surface area contributed by atoms with E-state index in [-0.39, 0.29) is 17.8 Å². The van der Waals surface area contributed by atoms with E-state index in [1.54, 1.807) is 12.1 Å². The smallest absolute Gasteiger partial charge is 0.123 e. The Labute approximate surface area is 142 Å². The second-order valence-corrected chi connectivity index (χ2v) is 6.12. The van der Waals surface area contributed by atoms with E-state index in [9.17, 15) is 4.39 Å². The molecule has 0 spiro atoms. The van der Waals surface area contributed by atoms with Crippen LogP contribution in [0.1, 0.15) is 24.3 Å². The molecule has 1 aliphatic heterocycles. The zero-order valence-corrected chi connectivity index (χ0v) is 13.6. The van der Waals surface area contributed by atoms with Gasteiger partial charge in [-0.3, -0.25) is 0 Å². The molecule has 2 aromatic rings. The molecule has 1 fully saturated rings. The molecule has 0 unspecified atom stereocenters. The standard InChI is InChI=1S/C20H21FN2O/c21-17-7-9-18(10-8-17)24-20-11-14-23(13-4-12-22)15-19(20)16-5-2-1-3-6-16/h1-3,5-10,19-20H,4,11,13-15H2/t19-,20+/m0/s1. The summed E-state index contributed by atoms with van der Waals surface area (Å²) in [7, 11) is 0. The zero-order chi connectivity index (χ0) is 16.8. The minimum atomic E-state index is -0.256. The topological polar surface area (TPSA) is 36.3 Å². The molecule has 0 aliphatic carbocycles. The summed E-state index contributed by atoms with van der Waals surface area (Å²) in [5, 5.41) is 8.82. The monoisotopic (exact) mass is 324 g/mol. The van der Waals surface area contributed by atoms with Crippen LogP contribution in [0.3, 0.4) is 0 Å². The number of ether oxygens (including phenoxy) is 1. The molecule has 2 aromatic carbocycles. The van der Waals surface area contributed by atoms with Crippen LogP contribution in [0.25, 0.3) is 0 Å². The van der Waals surface area contributed by atoms with Crippen molar-refractivity contribution in [3.05, 3.63) is 66.0 Å². The molecule has 0 saturated carbocycles. The van der Waals surface area contributed by atoms with E-state index in [1.165, 1.54) is 17.7 Å². The maximum absolute atomic E-state index is 13.1. The summed E-state index contributed by atoms with van der Waals surface area (Å²) in [6.07, 6.45) is 1.49. The van der Waals surface area contributed by atoms with Crippen molar-refractivity contribution in [2.24, 2.45) is 0 Å². The lowest BCUT2D eigenvalue weighted by atomic mass is 9.87. The van der Waals surface area contributed by atoms with Crippen molar-refractivity contribution < 1.29 is 9.13 Å². The number of hydrogen-bond donors (Lipinski definition) is 0. The predicted octanol–water partition coefficient (Wildman–Crippen LogP) is 3.98. The van der Waals surface area contributed by atoms with Crippen LogP contribution >= 0.6 is 0 Å². The first kappa shape index (κ1) is 16.5. The minimum Gasteiger partial charge on any atom is -0.490 e. The third-order valence-corrected chi connectivity index (χ3v) is 4.50. The number of nitriles is 1. The van der Waals surface area contributed by atoms with E-state index >= 15 is 0 Å². The molecule has 0 amide bonds. The molecule has 0 N–H and O–H groups in total. The van der Waals surface area contributed by atoms with Crippen LogP contribution in [-0.2, 0) is 0 Å². The first-order valence-corrected chi connectivity index (χ1v) is 8.33. The first-order chi connectivity index (χ1) is 11.8. The predicted molar refractivity (Wildman–Crippen MR) is 91.3 cm³/mol. The van der Waals surface area contributed by atoms with Crippen LogP contribution in [0.2, 0.25) is 0 Å². The van der Waals surface area contributed by atoms with Crippen LogP contribution in [0.15, 0.2) is 54.6 Å². The van der Waals surface area contributed by atoms with Gasteiger partial charge >= 0.3 is 0 Å². The molecule has 24 heavy (non-hydrogen) atoms. The Morgan fingerprint density at radius 3 is 2.58 bits per heavy atom. The molecule has 0 radical (unpaired) electrons. The maximum atomic E-state index is 13.1. The number of hydrogen-bond acceptors (Lipinski definition) is 3. The fourth-order valence-electron chi connectivity index (χ4n) is 3.26. The largest absolute Gasteiger partial charge is 0.490 e. The van der Waals surface area contributed by atoms with E-state index in [0.29, 0.717) is 12.2 Å². The van der Waals surface area contributed by atoms with E-state index in [1.807, 2.05) is 18.2 Å². The van der Waals surface area contributed by atoms with Crippen molar-refractivity contribution in [3.63, 3.8) is 0 Å². The van der Waals surface area contributed by atoms with Gasteiger partial charge in [0.25, 0.3) is 0 Å². The molecule has 1 saturated heterocycles. The summed E-state index contributed by atoms with van der Waals surface area (Å²) >= 11 is 0. The lowest BCUT2D eigenvalue weighted by Gasteiger charge is -2.38. The average Bonchev–Trinajstić information content (AvgIpc) is 2.63. The Bertz CT molecular complexity index is 681. The molecule has 124 valence electrons. The molecular weight excluding hydrogens is 303 g/mol. The van der Waals surface area contributed by atoms with Crippen LogP contribution in [-0.4, -0.2) is 30.6 Å². The number of likely N-dealkylation sites (tertiary alicyclic amines) is 1. The third-order valence-electron chi connectivity index (χ3n) is 4.50. The maximum Gasteiger partial charge on any atom is 0.123 e. The second kappa shape index (κ2) is 7.94. The van der Waals surface area contributed by atoms with Gasteiger partial charge < -0.3 is 9.64 Å². The highest BCUT2D eigenvalue weighted by atomic mass is 19.1. The van der Waals surface area contributed by atoms with Crippen molar-refractivity contribution in [3.8, 4) is 11.8 Å². The van der Waals surface area contributed by atoms with Gasteiger partial charge in [-0.25, -0.2) is 4.39 Å². The summed E-state index contributed by atoms with van der Waals surface area (Å²) in [4.78, 5) is 2.32. The van der Waals surface area contributed by atoms with Crippen molar-refractivity contribution >= 4 is 0 Å². The summed E-state index contributed by atoms with van der Waals surface area (Å²) in [5.74, 6) is 0.685. The molecule has 2 atom stereocenters. The lowest BCUT2D eigenvalue weighted by Crippen LogP contribution is -2.44. The van der Waals surface area contributed by atoms with Crippen LogP contribution in [0.4, 0.5) is 4.39 Å². The number of nitrogens with zero attached hydrogens (tertiary/aromatic N) is 2. The number of halogens is 1. The number of piperidine rings is 1.